The topological polar surface area (TPSA) is 24.9 Å². The number of aromatic nitrogens is 1. The van der Waals surface area contributed by atoms with E-state index in [1.54, 1.807) is 0 Å². The molecular weight excluding hydrogens is 308 g/mol. The molecule has 1 N–H and O–H groups in total. The average Bonchev–Trinajstić information content (AvgIpc) is 2.06. The van der Waals surface area contributed by atoms with Gasteiger partial charge >= 0.3 is 0 Å². The van der Waals surface area contributed by atoms with Crippen LogP contribution >= 0.6 is 31.9 Å². The smallest absolute Gasteiger partial charge is 0.140 e. The molecule has 2 rings (SSSR count). The van der Waals surface area contributed by atoms with Crippen LogP contribution in [0.25, 0.3) is 0 Å². The molecule has 0 atom stereocenters. The minimum atomic E-state index is 0.606. The maximum Gasteiger partial charge on any atom is 0.140 e. The van der Waals surface area contributed by atoms with Gasteiger partial charge in [-0.05, 0) is 56.7 Å². The minimum Gasteiger partial charge on any atom is -0.366 e. The second-order valence-corrected chi connectivity index (χ2v) is 5.67. The molecule has 4 heteroatoms. The van der Waals surface area contributed by atoms with E-state index >= 15 is 0 Å². The predicted octanol–water partition coefficient (Wildman–Crippen LogP) is 3.82. The summed E-state index contributed by atoms with van der Waals surface area (Å²) in [5.74, 6) is 1.81. The van der Waals surface area contributed by atoms with Crippen LogP contribution < -0.4 is 5.32 Å². The highest BCUT2D eigenvalue weighted by Crippen LogP contribution is 2.31. The van der Waals surface area contributed by atoms with Gasteiger partial charge in [-0.2, -0.15) is 0 Å². The van der Waals surface area contributed by atoms with Crippen LogP contribution in [0, 0.1) is 5.92 Å². The number of pyridine rings is 1. The highest BCUT2D eigenvalue weighted by Gasteiger charge is 2.25. The molecule has 1 aromatic heterocycles. The number of nitrogens with one attached hydrogen (secondary N) is 1. The first-order chi connectivity index (χ1) is 6.65. The lowest BCUT2D eigenvalue weighted by Crippen LogP contribution is -2.34. The fourth-order valence-corrected chi connectivity index (χ4v) is 2.84. The summed E-state index contributed by atoms with van der Waals surface area (Å²) in [5, 5.41) is 3.43. The van der Waals surface area contributed by atoms with Crippen molar-refractivity contribution in [3.8, 4) is 0 Å². The zero-order chi connectivity index (χ0) is 10.1. The van der Waals surface area contributed by atoms with Crippen molar-refractivity contribution in [2.45, 2.75) is 25.8 Å². The summed E-state index contributed by atoms with van der Waals surface area (Å²) >= 11 is 6.87. The van der Waals surface area contributed by atoms with Gasteiger partial charge < -0.3 is 5.32 Å². The fraction of sp³-hybridized carbons (Fsp3) is 0.500. The Bertz CT molecular complexity index is 335. The van der Waals surface area contributed by atoms with Crippen LogP contribution in [0.15, 0.2) is 21.2 Å². The van der Waals surface area contributed by atoms with Gasteiger partial charge in [-0.15, -0.1) is 0 Å². The summed E-state index contributed by atoms with van der Waals surface area (Å²) < 4.78 is 2.02. The van der Waals surface area contributed by atoms with Crippen molar-refractivity contribution in [3.05, 3.63) is 21.2 Å². The highest BCUT2D eigenvalue weighted by atomic mass is 79.9. The van der Waals surface area contributed by atoms with Crippen LogP contribution in [0.4, 0.5) is 5.82 Å². The van der Waals surface area contributed by atoms with E-state index in [9.17, 15) is 0 Å². The summed E-state index contributed by atoms with van der Waals surface area (Å²) in [6.07, 6.45) is 4.32. The molecule has 0 radical (unpaired) electrons. The number of anilines is 1. The van der Waals surface area contributed by atoms with E-state index in [2.05, 4.69) is 49.1 Å². The van der Waals surface area contributed by atoms with Crippen molar-refractivity contribution in [1.82, 2.24) is 4.98 Å². The molecule has 1 aromatic rings. The normalized spacial score (nSPS) is 25.6. The third-order valence-corrected chi connectivity index (χ3v) is 3.56. The zero-order valence-electron chi connectivity index (χ0n) is 7.93. The first kappa shape index (κ1) is 10.4. The van der Waals surface area contributed by atoms with E-state index in [1.807, 2.05) is 12.3 Å². The molecule has 0 aromatic carbocycles. The maximum atomic E-state index is 4.32. The molecule has 2 nitrogen and oxygen atoms in total. The molecule has 1 fully saturated rings. The Kier molecular flexibility index (Phi) is 3.12. The Morgan fingerprint density at radius 1 is 1.43 bits per heavy atom. The monoisotopic (exact) mass is 318 g/mol. The van der Waals surface area contributed by atoms with Gasteiger partial charge in [0.1, 0.15) is 5.82 Å². The molecule has 1 aliphatic rings. The molecule has 76 valence electrons. The lowest BCUT2D eigenvalue weighted by molar-refractivity contribution is 0.308. The molecular formula is C10H12Br2N2. The van der Waals surface area contributed by atoms with E-state index in [4.69, 9.17) is 0 Å². The second-order valence-electron chi connectivity index (χ2n) is 3.90. The average molecular weight is 320 g/mol. The predicted molar refractivity (Wildman–Crippen MR) is 65.4 cm³/mol. The Morgan fingerprint density at radius 3 is 2.71 bits per heavy atom. The largest absolute Gasteiger partial charge is 0.366 e. The van der Waals surface area contributed by atoms with Crippen molar-refractivity contribution in [3.63, 3.8) is 0 Å². The lowest BCUT2D eigenvalue weighted by atomic mass is 9.82. The van der Waals surface area contributed by atoms with Crippen LogP contribution in [-0.4, -0.2) is 11.0 Å². The van der Waals surface area contributed by atoms with E-state index in [0.717, 1.165) is 20.7 Å². The number of halogens is 2. The van der Waals surface area contributed by atoms with Gasteiger partial charge in [0.2, 0.25) is 0 Å². The minimum absolute atomic E-state index is 0.606. The number of hydrogen-bond acceptors (Lipinski definition) is 2. The lowest BCUT2D eigenvalue weighted by Gasteiger charge is -2.33. The van der Waals surface area contributed by atoms with Crippen LogP contribution in [0.3, 0.4) is 0 Å². The van der Waals surface area contributed by atoms with Gasteiger partial charge in [0, 0.05) is 16.7 Å². The number of hydrogen-bond donors (Lipinski definition) is 1. The molecule has 0 aliphatic heterocycles. The molecule has 0 saturated heterocycles. The molecule has 0 amide bonds. The third kappa shape index (κ3) is 2.28. The van der Waals surface area contributed by atoms with Crippen molar-refractivity contribution < 1.29 is 0 Å². The van der Waals surface area contributed by atoms with Crippen LogP contribution in [0.5, 0.6) is 0 Å². The number of rotatable bonds is 2. The van der Waals surface area contributed by atoms with E-state index < -0.39 is 0 Å². The van der Waals surface area contributed by atoms with Gasteiger partial charge in [-0.3, -0.25) is 0 Å². The Morgan fingerprint density at radius 2 is 2.14 bits per heavy atom. The van der Waals surface area contributed by atoms with E-state index in [1.165, 1.54) is 12.8 Å². The molecule has 14 heavy (non-hydrogen) atoms. The SMILES string of the molecule is CC1CC(Nc2ncc(Br)cc2Br)C1. The third-order valence-electron chi connectivity index (χ3n) is 2.52. The van der Waals surface area contributed by atoms with E-state index in [-0.39, 0.29) is 0 Å². The summed E-state index contributed by atoms with van der Waals surface area (Å²) in [6, 6.07) is 2.62. The Hall–Kier alpha value is -0.0900. The first-order valence-electron chi connectivity index (χ1n) is 4.72. The van der Waals surface area contributed by atoms with Gasteiger partial charge in [-0.1, -0.05) is 6.92 Å². The molecule has 0 spiro atoms. The van der Waals surface area contributed by atoms with Crippen molar-refractivity contribution in [2.24, 2.45) is 5.92 Å². The molecule has 1 aliphatic carbocycles. The van der Waals surface area contributed by atoms with Crippen LogP contribution in [0.2, 0.25) is 0 Å². The maximum absolute atomic E-state index is 4.32. The van der Waals surface area contributed by atoms with Crippen LogP contribution in [0.1, 0.15) is 19.8 Å². The molecule has 1 heterocycles. The summed E-state index contributed by atoms with van der Waals surface area (Å²) in [4.78, 5) is 4.32. The standard InChI is InChI=1S/C10H12Br2N2/c1-6-2-8(3-6)14-10-9(12)4-7(11)5-13-10/h4-6,8H,2-3H2,1H3,(H,13,14). The van der Waals surface area contributed by atoms with Gasteiger partial charge in [0.15, 0.2) is 0 Å². The molecule has 0 bridgehead atoms. The van der Waals surface area contributed by atoms with Gasteiger partial charge in [-0.25, -0.2) is 4.98 Å². The summed E-state index contributed by atoms with van der Waals surface area (Å²) in [6.45, 7) is 2.28. The highest BCUT2D eigenvalue weighted by molar-refractivity contribution is 9.11. The van der Waals surface area contributed by atoms with Crippen molar-refractivity contribution in [2.75, 3.05) is 5.32 Å². The Labute approximate surface area is 101 Å². The summed E-state index contributed by atoms with van der Waals surface area (Å²) in [5.41, 5.74) is 0. The fourth-order valence-electron chi connectivity index (χ4n) is 1.73. The van der Waals surface area contributed by atoms with E-state index in [0.29, 0.717) is 6.04 Å². The van der Waals surface area contributed by atoms with Gasteiger partial charge in [0.25, 0.3) is 0 Å². The molecule has 1 saturated carbocycles. The van der Waals surface area contributed by atoms with Crippen molar-refractivity contribution in [1.29, 1.82) is 0 Å². The van der Waals surface area contributed by atoms with Crippen LogP contribution in [-0.2, 0) is 0 Å². The second kappa shape index (κ2) is 4.19. The molecule has 0 unspecified atom stereocenters. The van der Waals surface area contributed by atoms with Crippen molar-refractivity contribution >= 4 is 37.7 Å². The van der Waals surface area contributed by atoms with Gasteiger partial charge in [0.05, 0.1) is 4.47 Å². The zero-order valence-corrected chi connectivity index (χ0v) is 11.1. The Balaban J connectivity index is 2.02. The number of nitrogens with zero attached hydrogens (tertiary/aromatic N) is 1. The first-order valence-corrected chi connectivity index (χ1v) is 6.31. The summed E-state index contributed by atoms with van der Waals surface area (Å²) in [7, 11) is 0. The quantitative estimate of drug-likeness (QED) is 0.896.